The number of carboxylic acids is 1. The Hall–Kier alpha value is -2.48. The molecule has 0 spiro atoms. The Morgan fingerprint density at radius 1 is 1.19 bits per heavy atom. The van der Waals surface area contributed by atoms with E-state index >= 15 is 0 Å². The van der Waals surface area contributed by atoms with Crippen LogP contribution in [0.15, 0.2) is 12.1 Å². The maximum Gasteiger partial charge on any atom is 0.356 e. The fourth-order valence-corrected chi connectivity index (χ4v) is 2.79. The summed E-state index contributed by atoms with van der Waals surface area (Å²) in [6.07, 6.45) is 0. The summed E-state index contributed by atoms with van der Waals surface area (Å²) in [5, 5.41) is 9.39. The van der Waals surface area contributed by atoms with Gasteiger partial charge >= 0.3 is 5.97 Å². The predicted molar refractivity (Wildman–Crippen MR) is 78.6 cm³/mol. The standard InChI is InChI=1S/C13H14N2O5S/c1-18-7-5-4-6(9(19-2)10(7)20-3)11-8(12(16)17)15-13(14)21-11/h4-5H,1-3H3,(H2,14,15)(H,16,17). The van der Waals surface area contributed by atoms with Crippen molar-refractivity contribution in [2.45, 2.75) is 0 Å². The zero-order chi connectivity index (χ0) is 15.6. The highest BCUT2D eigenvalue weighted by molar-refractivity contribution is 7.19. The molecule has 2 aromatic rings. The number of aromatic nitrogens is 1. The summed E-state index contributed by atoms with van der Waals surface area (Å²) in [7, 11) is 4.44. The third-order valence-corrected chi connectivity index (χ3v) is 3.71. The van der Waals surface area contributed by atoms with Gasteiger partial charge < -0.3 is 25.1 Å². The minimum absolute atomic E-state index is 0.122. The molecule has 0 atom stereocenters. The number of nitrogens with zero attached hydrogens (tertiary/aromatic N) is 1. The van der Waals surface area contributed by atoms with Crippen molar-refractivity contribution in [3.63, 3.8) is 0 Å². The summed E-state index contributed by atoms with van der Waals surface area (Å²) in [6, 6.07) is 3.35. The second-order valence-electron chi connectivity index (χ2n) is 3.92. The Kier molecular flexibility index (Phi) is 4.18. The molecule has 0 fully saturated rings. The van der Waals surface area contributed by atoms with Crippen LogP contribution in [0.25, 0.3) is 10.4 Å². The largest absolute Gasteiger partial charge is 0.493 e. The molecule has 2 rings (SSSR count). The first-order valence-corrected chi connectivity index (χ1v) is 6.64. The molecule has 112 valence electrons. The fraction of sp³-hybridized carbons (Fsp3) is 0.231. The lowest BCUT2D eigenvalue weighted by Gasteiger charge is -2.15. The highest BCUT2D eigenvalue weighted by Crippen LogP contribution is 2.46. The number of benzene rings is 1. The van der Waals surface area contributed by atoms with Gasteiger partial charge in [-0.25, -0.2) is 9.78 Å². The molecule has 0 aliphatic rings. The van der Waals surface area contributed by atoms with E-state index in [0.29, 0.717) is 27.7 Å². The molecule has 0 amide bonds. The quantitative estimate of drug-likeness (QED) is 0.871. The summed E-state index contributed by atoms with van der Waals surface area (Å²) in [6.45, 7) is 0. The topological polar surface area (TPSA) is 104 Å². The maximum atomic E-state index is 11.3. The second kappa shape index (κ2) is 5.88. The Morgan fingerprint density at radius 3 is 2.38 bits per heavy atom. The second-order valence-corrected chi connectivity index (χ2v) is 4.95. The molecule has 1 aromatic carbocycles. The van der Waals surface area contributed by atoms with E-state index in [2.05, 4.69) is 4.98 Å². The van der Waals surface area contributed by atoms with Crippen molar-refractivity contribution in [2.75, 3.05) is 27.1 Å². The van der Waals surface area contributed by atoms with Gasteiger partial charge in [0.15, 0.2) is 22.3 Å². The van der Waals surface area contributed by atoms with Gasteiger partial charge in [0.2, 0.25) is 5.75 Å². The van der Waals surface area contributed by atoms with Crippen LogP contribution in [0.5, 0.6) is 17.2 Å². The molecule has 3 N–H and O–H groups in total. The zero-order valence-electron chi connectivity index (χ0n) is 11.7. The monoisotopic (exact) mass is 310 g/mol. The van der Waals surface area contributed by atoms with Crippen LogP contribution in [0.3, 0.4) is 0 Å². The molecule has 0 bridgehead atoms. The van der Waals surface area contributed by atoms with E-state index in [1.54, 1.807) is 12.1 Å². The van der Waals surface area contributed by atoms with Crippen LogP contribution in [0.2, 0.25) is 0 Å². The van der Waals surface area contributed by atoms with Gasteiger partial charge in [-0.1, -0.05) is 11.3 Å². The zero-order valence-corrected chi connectivity index (χ0v) is 12.5. The molecule has 0 aliphatic heterocycles. The number of aromatic carboxylic acids is 1. The molecule has 0 unspecified atom stereocenters. The SMILES string of the molecule is COc1ccc(-c2sc(N)nc2C(=O)O)c(OC)c1OC. The molecule has 0 aliphatic carbocycles. The third-order valence-electron chi connectivity index (χ3n) is 2.80. The van der Waals surface area contributed by atoms with Crippen LogP contribution in [-0.4, -0.2) is 37.4 Å². The Labute approximate surface area is 124 Å². The van der Waals surface area contributed by atoms with E-state index in [0.717, 1.165) is 11.3 Å². The van der Waals surface area contributed by atoms with E-state index in [-0.39, 0.29) is 10.8 Å². The lowest BCUT2D eigenvalue weighted by atomic mass is 10.1. The van der Waals surface area contributed by atoms with Gasteiger partial charge in [0.1, 0.15) is 0 Å². The van der Waals surface area contributed by atoms with E-state index in [4.69, 9.17) is 19.9 Å². The molecule has 21 heavy (non-hydrogen) atoms. The summed E-state index contributed by atoms with van der Waals surface area (Å²) >= 11 is 1.07. The third kappa shape index (κ3) is 2.57. The van der Waals surface area contributed by atoms with Crippen molar-refractivity contribution in [1.82, 2.24) is 4.98 Å². The Morgan fingerprint density at radius 2 is 1.86 bits per heavy atom. The molecule has 1 aromatic heterocycles. The average molecular weight is 310 g/mol. The number of carboxylic acid groups (broad SMARTS) is 1. The van der Waals surface area contributed by atoms with Crippen molar-refractivity contribution < 1.29 is 24.1 Å². The number of nitrogens with two attached hydrogens (primary N) is 1. The van der Waals surface area contributed by atoms with Gasteiger partial charge in [-0.2, -0.15) is 0 Å². The minimum Gasteiger partial charge on any atom is -0.493 e. The first-order chi connectivity index (χ1) is 10.0. The summed E-state index contributed by atoms with van der Waals surface area (Å²) in [5.74, 6) is 0.0612. The van der Waals surface area contributed by atoms with E-state index in [9.17, 15) is 9.90 Å². The number of hydrogen-bond donors (Lipinski definition) is 2. The lowest BCUT2D eigenvalue weighted by Crippen LogP contribution is -2.01. The van der Waals surface area contributed by atoms with Crippen LogP contribution in [-0.2, 0) is 0 Å². The Balaban J connectivity index is 2.72. The van der Waals surface area contributed by atoms with Crippen molar-refractivity contribution >= 4 is 22.4 Å². The smallest absolute Gasteiger partial charge is 0.356 e. The number of hydrogen-bond acceptors (Lipinski definition) is 7. The molecule has 8 heteroatoms. The summed E-state index contributed by atoms with van der Waals surface area (Å²) in [4.78, 5) is 15.5. The maximum absolute atomic E-state index is 11.3. The molecule has 1 heterocycles. The number of ether oxygens (including phenoxy) is 3. The number of carbonyl (C=O) groups is 1. The number of anilines is 1. The normalized spacial score (nSPS) is 10.2. The van der Waals surface area contributed by atoms with Crippen molar-refractivity contribution in [3.05, 3.63) is 17.8 Å². The number of methoxy groups -OCH3 is 3. The van der Waals surface area contributed by atoms with E-state index in [1.807, 2.05) is 0 Å². The van der Waals surface area contributed by atoms with Crippen molar-refractivity contribution in [2.24, 2.45) is 0 Å². The van der Waals surface area contributed by atoms with Crippen LogP contribution >= 0.6 is 11.3 Å². The number of nitrogen functional groups attached to an aromatic ring is 1. The molecule has 0 saturated carbocycles. The minimum atomic E-state index is -1.16. The number of thiazole rings is 1. The van der Waals surface area contributed by atoms with Gasteiger partial charge in [0.25, 0.3) is 0 Å². The molecule has 0 saturated heterocycles. The van der Waals surface area contributed by atoms with Gasteiger partial charge in [0, 0.05) is 5.56 Å². The van der Waals surface area contributed by atoms with Gasteiger partial charge in [-0.15, -0.1) is 0 Å². The van der Waals surface area contributed by atoms with Crippen molar-refractivity contribution in [1.29, 1.82) is 0 Å². The molecule has 0 radical (unpaired) electrons. The van der Waals surface area contributed by atoms with Crippen LogP contribution < -0.4 is 19.9 Å². The molecular formula is C13H14N2O5S. The summed E-state index contributed by atoms with van der Waals surface area (Å²) in [5.41, 5.74) is 6.03. The van der Waals surface area contributed by atoms with Crippen molar-refractivity contribution in [3.8, 4) is 27.7 Å². The molecule has 7 nitrogen and oxygen atoms in total. The predicted octanol–water partition coefficient (Wildman–Crippen LogP) is 2.12. The highest BCUT2D eigenvalue weighted by Gasteiger charge is 2.24. The molecular weight excluding hydrogens is 296 g/mol. The van der Waals surface area contributed by atoms with Crippen LogP contribution in [0, 0.1) is 0 Å². The van der Waals surface area contributed by atoms with Crippen LogP contribution in [0.1, 0.15) is 10.5 Å². The van der Waals surface area contributed by atoms with Gasteiger partial charge in [-0.3, -0.25) is 0 Å². The fourth-order valence-electron chi connectivity index (χ4n) is 1.94. The Bertz CT molecular complexity index is 683. The highest BCUT2D eigenvalue weighted by atomic mass is 32.1. The van der Waals surface area contributed by atoms with E-state index < -0.39 is 5.97 Å². The lowest BCUT2D eigenvalue weighted by molar-refractivity contribution is 0.0692. The number of rotatable bonds is 5. The first-order valence-electron chi connectivity index (χ1n) is 5.82. The summed E-state index contributed by atoms with van der Waals surface area (Å²) < 4.78 is 15.8. The van der Waals surface area contributed by atoms with Gasteiger partial charge in [-0.05, 0) is 12.1 Å². The van der Waals surface area contributed by atoms with Crippen LogP contribution in [0.4, 0.5) is 5.13 Å². The van der Waals surface area contributed by atoms with Gasteiger partial charge in [0.05, 0.1) is 26.2 Å². The van der Waals surface area contributed by atoms with E-state index in [1.165, 1.54) is 21.3 Å². The first kappa shape index (κ1) is 14.9. The average Bonchev–Trinajstić information content (AvgIpc) is 2.87.